The molecule has 172 valence electrons. The molecular weight excluding hydrogens is 434 g/mol. The molecule has 0 radical (unpaired) electrons. The number of thiophene rings is 1. The van der Waals surface area contributed by atoms with Crippen molar-refractivity contribution in [3.63, 3.8) is 0 Å². The minimum atomic E-state index is -0.466. The first-order valence-electron chi connectivity index (χ1n) is 11.0. The molecule has 0 saturated heterocycles. The van der Waals surface area contributed by atoms with Crippen LogP contribution in [0.25, 0.3) is 17.2 Å². The standard InChI is InChI=1S/C27H29NO4S/c1-5-31-22-14-12-21(13-15-22)23-17-33-26(25(23)27(30)32-6-2)28-24(29)16-9-19-7-10-20(11-8-19)18(3)4/h7-18H,5-6H2,1-4H3,(H,28,29)/b16-9+. The summed E-state index contributed by atoms with van der Waals surface area (Å²) in [4.78, 5) is 25.3. The predicted molar refractivity (Wildman–Crippen MR) is 135 cm³/mol. The molecule has 0 fully saturated rings. The Bertz CT molecular complexity index is 1110. The van der Waals surface area contributed by atoms with Crippen molar-refractivity contribution in [2.75, 3.05) is 18.5 Å². The molecule has 2 aromatic carbocycles. The molecule has 0 aliphatic carbocycles. The highest BCUT2D eigenvalue weighted by Crippen LogP contribution is 2.37. The lowest BCUT2D eigenvalue weighted by molar-refractivity contribution is -0.111. The minimum absolute atomic E-state index is 0.247. The second-order valence-electron chi connectivity index (χ2n) is 7.68. The summed E-state index contributed by atoms with van der Waals surface area (Å²) in [7, 11) is 0. The summed E-state index contributed by atoms with van der Waals surface area (Å²) in [5.41, 5.74) is 4.09. The Kier molecular flexibility index (Phi) is 8.44. The van der Waals surface area contributed by atoms with Crippen molar-refractivity contribution in [2.24, 2.45) is 0 Å². The topological polar surface area (TPSA) is 64.6 Å². The summed E-state index contributed by atoms with van der Waals surface area (Å²) < 4.78 is 10.8. The number of benzene rings is 2. The Morgan fingerprint density at radius 3 is 2.30 bits per heavy atom. The van der Waals surface area contributed by atoms with Gasteiger partial charge in [0.1, 0.15) is 16.3 Å². The van der Waals surface area contributed by atoms with E-state index in [1.165, 1.54) is 23.0 Å². The molecule has 1 heterocycles. The van der Waals surface area contributed by atoms with Crippen LogP contribution in [0.2, 0.25) is 0 Å². The molecule has 6 heteroatoms. The predicted octanol–water partition coefficient (Wildman–Crippen LogP) is 6.77. The van der Waals surface area contributed by atoms with E-state index in [0.29, 0.717) is 28.7 Å². The molecule has 0 aliphatic heterocycles. The van der Waals surface area contributed by atoms with E-state index >= 15 is 0 Å². The Balaban J connectivity index is 1.81. The van der Waals surface area contributed by atoms with Crippen molar-refractivity contribution in [2.45, 2.75) is 33.6 Å². The average Bonchev–Trinajstić information content (AvgIpc) is 3.22. The Hall–Kier alpha value is -3.38. The number of ether oxygens (including phenoxy) is 2. The van der Waals surface area contributed by atoms with E-state index in [2.05, 4.69) is 31.3 Å². The SMILES string of the molecule is CCOC(=O)c1c(-c2ccc(OCC)cc2)csc1NC(=O)/C=C/c1ccc(C(C)C)cc1. The van der Waals surface area contributed by atoms with Crippen LogP contribution in [0.15, 0.2) is 60.0 Å². The van der Waals surface area contributed by atoms with Gasteiger partial charge in [-0.25, -0.2) is 4.79 Å². The van der Waals surface area contributed by atoms with Crippen LogP contribution in [0.1, 0.15) is 55.1 Å². The number of esters is 1. The van der Waals surface area contributed by atoms with Crippen molar-refractivity contribution in [1.82, 2.24) is 0 Å². The zero-order valence-corrected chi connectivity index (χ0v) is 20.2. The number of rotatable bonds is 9. The van der Waals surface area contributed by atoms with Crippen LogP contribution in [0, 0.1) is 0 Å². The quantitative estimate of drug-likeness (QED) is 0.281. The zero-order valence-electron chi connectivity index (χ0n) is 19.4. The maximum Gasteiger partial charge on any atom is 0.341 e. The van der Waals surface area contributed by atoms with Crippen molar-refractivity contribution in [3.05, 3.63) is 76.7 Å². The molecule has 0 unspecified atom stereocenters. The number of hydrogen-bond donors (Lipinski definition) is 1. The molecule has 5 nitrogen and oxygen atoms in total. The van der Waals surface area contributed by atoms with Crippen molar-refractivity contribution < 1.29 is 19.1 Å². The maximum atomic E-state index is 12.7. The van der Waals surface area contributed by atoms with Gasteiger partial charge in [0.2, 0.25) is 5.91 Å². The van der Waals surface area contributed by atoms with Gasteiger partial charge >= 0.3 is 5.97 Å². The highest BCUT2D eigenvalue weighted by molar-refractivity contribution is 7.15. The number of hydrogen-bond acceptors (Lipinski definition) is 5. The Morgan fingerprint density at radius 1 is 1.00 bits per heavy atom. The maximum absolute atomic E-state index is 12.7. The fourth-order valence-corrected chi connectivity index (χ4v) is 4.24. The van der Waals surface area contributed by atoms with Gasteiger partial charge in [0.05, 0.1) is 13.2 Å². The lowest BCUT2D eigenvalue weighted by Gasteiger charge is -2.09. The van der Waals surface area contributed by atoms with Crippen molar-refractivity contribution >= 4 is 34.3 Å². The van der Waals surface area contributed by atoms with Crippen LogP contribution in [0.4, 0.5) is 5.00 Å². The average molecular weight is 464 g/mol. The highest BCUT2D eigenvalue weighted by atomic mass is 32.1. The van der Waals surface area contributed by atoms with Crippen LogP contribution in [0.3, 0.4) is 0 Å². The van der Waals surface area contributed by atoms with Gasteiger partial charge in [-0.15, -0.1) is 11.3 Å². The molecule has 0 spiro atoms. The Morgan fingerprint density at radius 2 is 1.70 bits per heavy atom. The normalized spacial score (nSPS) is 11.1. The molecule has 0 aliphatic rings. The molecular formula is C27H29NO4S. The van der Waals surface area contributed by atoms with E-state index in [1.54, 1.807) is 13.0 Å². The third-order valence-electron chi connectivity index (χ3n) is 5.01. The van der Waals surface area contributed by atoms with Gasteiger partial charge in [0.15, 0.2) is 0 Å². The van der Waals surface area contributed by atoms with Gasteiger partial charge in [-0.1, -0.05) is 50.2 Å². The second-order valence-corrected chi connectivity index (χ2v) is 8.55. The van der Waals surface area contributed by atoms with E-state index in [0.717, 1.165) is 16.9 Å². The lowest BCUT2D eigenvalue weighted by Crippen LogP contribution is -2.12. The van der Waals surface area contributed by atoms with E-state index in [1.807, 2.05) is 48.7 Å². The second kappa shape index (κ2) is 11.5. The number of nitrogens with one attached hydrogen (secondary N) is 1. The first kappa shape index (κ1) is 24.3. The highest BCUT2D eigenvalue weighted by Gasteiger charge is 2.22. The summed E-state index contributed by atoms with van der Waals surface area (Å²) in [6.45, 7) is 8.79. The monoisotopic (exact) mass is 463 g/mol. The van der Waals surface area contributed by atoms with Crippen LogP contribution in [-0.2, 0) is 9.53 Å². The number of carbonyl (C=O) groups excluding carboxylic acids is 2. The first-order chi connectivity index (χ1) is 15.9. The van der Waals surface area contributed by atoms with E-state index in [4.69, 9.17) is 9.47 Å². The molecule has 0 atom stereocenters. The summed E-state index contributed by atoms with van der Waals surface area (Å²) in [5.74, 6) is 0.435. The summed E-state index contributed by atoms with van der Waals surface area (Å²) >= 11 is 1.30. The lowest BCUT2D eigenvalue weighted by atomic mass is 10.0. The van der Waals surface area contributed by atoms with Gasteiger partial charge in [-0.3, -0.25) is 4.79 Å². The molecule has 0 bridgehead atoms. The summed E-state index contributed by atoms with van der Waals surface area (Å²) in [6.07, 6.45) is 3.22. The molecule has 3 rings (SSSR count). The largest absolute Gasteiger partial charge is 0.494 e. The van der Waals surface area contributed by atoms with E-state index in [-0.39, 0.29) is 12.5 Å². The van der Waals surface area contributed by atoms with Crippen LogP contribution < -0.4 is 10.1 Å². The third kappa shape index (κ3) is 6.33. The van der Waals surface area contributed by atoms with Crippen LogP contribution >= 0.6 is 11.3 Å². The molecule has 0 saturated carbocycles. The Labute approximate surface area is 199 Å². The van der Waals surface area contributed by atoms with Gasteiger partial charge in [0.25, 0.3) is 0 Å². The molecule has 1 N–H and O–H groups in total. The van der Waals surface area contributed by atoms with Crippen molar-refractivity contribution in [3.8, 4) is 16.9 Å². The molecule has 33 heavy (non-hydrogen) atoms. The number of anilines is 1. The van der Waals surface area contributed by atoms with Crippen molar-refractivity contribution in [1.29, 1.82) is 0 Å². The smallest absolute Gasteiger partial charge is 0.341 e. The molecule has 1 aromatic heterocycles. The zero-order chi connectivity index (χ0) is 23.8. The van der Waals surface area contributed by atoms with Gasteiger partial charge in [0, 0.05) is 17.0 Å². The first-order valence-corrected chi connectivity index (χ1v) is 11.9. The fraction of sp³-hybridized carbons (Fsp3) is 0.259. The van der Waals surface area contributed by atoms with Crippen LogP contribution in [-0.4, -0.2) is 25.1 Å². The number of carbonyl (C=O) groups is 2. The summed E-state index contributed by atoms with van der Waals surface area (Å²) in [5, 5.41) is 5.15. The van der Waals surface area contributed by atoms with Gasteiger partial charge in [-0.05, 0) is 54.7 Å². The van der Waals surface area contributed by atoms with Gasteiger partial charge < -0.3 is 14.8 Å². The molecule has 3 aromatic rings. The van der Waals surface area contributed by atoms with E-state index < -0.39 is 5.97 Å². The van der Waals surface area contributed by atoms with Gasteiger partial charge in [-0.2, -0.15) is 0 Å². The minimum Gasteiger partial charge on any atom is -0.494 e. The number of amides is 1. The molecule has 1 amide bonds. The fourth-order valence-electron chi connectivity index (χ4n) is 3.28. The summed E-state index contributed by atoms with van der Waals surface area (Å²) in [6, 6.07) is 15.6. The van der Waals surface area contributed by atoms with E-state index in [9.17, 15) is 9.59 Å². The third-order valence-corrected chi connectivity index (χ3v) is 5.91. The van der Waals surface area contributed by atoms with Crippen LogP contribution in [0.5, 0.6) is 5.75 Å².